The van der Waals surface area contributed by atoms with E-state index in [9.17, 15) is 14.7 Å². The summed E-state index contributed by atoms with van der Waals surface area (Å²) in [7, 11) is 0. The number of Topliss-reactive ketones (excluding diaryl/α,β-unsaturated/α-hetero) is 2. The van der Waals surface area contributed by atoms with E-state index in [0.29, 0.717) is 11.5 Å². The third-order valence-electron chi connectivity index (χ3n) is 4.27. The molecule has 2 aliphatic rings. The van der Waals surface area contributed by atoms with Crippen LogP contribution in [0.25, 0.3) is 0 Å². The molecule has 2 atom stereocenters. The number of hydrogen-bond donors (Lipinski definition) is 1. The fraction of sp³-hybridized carbons (Fsp3) is 0.600. The Hall–Kier alpha value is -1.38. The van der Waals surface area contributed by atoms with Crippen molar-refractivity contribution in [1.82, 2.24) is 0 Å². The summed E-state index contributed by atoms with van der Waals surface area (Å²) in [5.41, 5.74) is 1.51. The third-order valence-corrected chi connectivity index (χ3v) is 4.27. The lowest BCUT2D eigenvalue weighted by molar-refractivity contribution is -0.133. The van der Waals surface area contributed by atoms with E-state index in [0.717, 1.165) is 18.4 Å². The van der Waals surface area contributed by atoms with E-state index >= 15 is 0 Å². The first-order chi connectivity index (χ1) is 8.36. The molecule has 0 heterocycles. The minimum atomic E-state index is -0.539. The van der Waals surface area contributed by atoms with E-state index < -0.39 is 11.6 Å². The van der Waals surface area contributed by atoms with Crippen LogP contribution in [0.2, 0.25) is 0 Å². The van der Waals surface area contributed by atoms with Crippen LogP contribution in [0.15, 0.2) is 22.5 Å². The Morgan fingerprint density at radius 2 is 1.72 bits per heavy atom. The van der Waals surface area contributed by atoms with Gasteiger partial charge in [0.2, 0.25) is 11.6 Å². The largest absolute Gasteiger partial charge is 0.507 e. The summed E-state index contributed by atoms with van der Waals surface area (Å²) >= 11 is 0. The highest BCUT2D eigenvalue weighted by Gasteiger charge is 2.41. The molecule has 2 rings (SSSR count). The molecule has 0 aliphatic heterocycles. The van der Waals surface area contributed by atoms with Crippen LogP contribution in [-0.2, 0) is 9.59 Å². The van der Waals surface area contributed by atoms with Crippen molar-refractivity contribution >= 4 is 11.6 Å². The number of carbonyl (C=O) groups excluding carboxylic acids is 2. The molecule has 0 saturated heterocycles. The molecule has 0 spiro atoms. The molecule has 0 aromatic rings. The standard InChI is InChI=1S/C15H20O3/c1-7(2)10-6-5-8(3)11-12(10)13(16)9(4)14(17)15(11)18/h7-8,10,16H,5-6H2,1-4H3/t8-,10+/m0/s1. The maximum absolute atomic E-state index is 12.1. The van der Waals surface area contributed by atoms with Crippen molar-refractivity contribution < 1.29 is 14.7 Å². The second-order valence-corrected chi connectivity index (χ2v) is 5.79. The van der Waals surface area contributed by atoms with E-state index in [2.05, 4.69) is 13.8 Å². The van der Waals surface area contributed by atoms with Gasteiger partial charge in [0, 0.05) is 16.7 Å². The number of hydrogen-bond acceptors (Lipinski definition) is 3. The van der Waals surface area contributed by atoms with Crippen molar-refractivity contribution in [3.8, 4) is 0 Å². The predicted molar refractivity (Wildman–Crippen MR) is 69.1 cm³/mol. The normalized spacial score (nSPS) is 29.2. The van der Waals surface area contributed by atoms with Gasteiger partial charge in [-0.2, -0.15) is 0 Å². The van der Waals surface area contributed by atoms with Crippen LogP contribution in [0.5, 0.6) is 0 Å². The van der Waals surface area contributed by atoms with Crippen molar-refractivity contribution in [3.05, 3.63) is 22.5 Å². The van der Waals surface area contributed by atoms with Crippen molar-refractivity contribution in [2.75, 3.05) is 0 Å². The molecule has 18 heavy (non-hydrogen) atoms. The van der Waals surface area contributed by atoms with Crippen LogP contribution in [0, 0.1) is 17.8 Å². The van der Waals surface area contributed by atoms with Gasteiger partial charge in [0.15, 0.2) is 0 Å². The average Bonchev–Trinajstić information content (AvgIpc) is 2.32. The number of aliphatic hydroxyl groups is 1. The molecular weight excluding hydrogens is 228 g/mol. The van der Waals surface area contributed by atoms with E-state index in [4.69, 9.17) is 0 Å². The Morgan fingerprint density at radius 1 is 1.11 bits per heavy atom. The van der Waals surface area contributed by atoms with Crippen LogP contribution in [0.3, 0.4) is 0 Å². The Balaban J connectivity index is 2.65. The molecule has 0 amide bonds. The lowest BCUT2D eigenvalue weighted by Gasteiger charge is -2.36. The molecule has 0 bridgehead atoms. The molecule has 0 aromatic heterocycles. The number of rotatable bonds is 1. The molecular formula is C15H20O3. The minimum Gasteiger partial charge on any atom is -0.507 e. The minimum absolute atomic E-state index is 0.0554. The van der Waals surface area contributed by atoms with Crippen molar-refractivity contribution in [2.45, 2.75) is 40.5 Å². The van der Waals surface area contributed by atoms with Gasteiger partial charge in [0.05, 0.1) is 0 Å². The smallest absolute Gasteiger partial charge is 0.232 e. The molecule has 98 valence electrons. The Morgan fingerprint density at radius 3 is 2.28 bits per heavy atom. The number of ketones is 2. The zero-order chi connectivity index (χ0) is 13.6. The molecule has 1 N–H and O–H groups in total. The molecule has 0 fully saturated rings. The van der Waals surface area contributed by atoms with Gasteiger partial charge in [-0.3, -0.25) is 9.59 Å². The Bertz CT molecular complexity index is 480. The highest BCUT2D eigenvalue weighted by atomic mass is 16.3. The summed E-state index contributed by atoms with van der Waals surface area (Å²) in [6.07, 6.45) is 1.88. The quantitative estimate of drug-likeness (QED) is 0.573. The fourth-order valence-corrected chi connectivity index (χ4v) is 3.10. The molecule has 0 saturated carbocycles. The molecule has 0 unspecified atom stereocenters. The lowest BCUT2D eigenvalue weighted by Crippen LogP contribution is -2.34. The molecule has 2 aliphatic carbocycles. The monoisotopic (exact) mass is 248 g/mol. The summed E-state index contributed by atoms with van der Waals surface area (Å²) < 4.78 is 0. The summed E-state index contributed by atoms with van der Waals surface area (Å²) in [5.74, 6) is -0.274. The predicted octanol–water partition coefficient (Wildman–Crippen LogP) is 2.97. The second-order valence-electron chi connectivity index (χ2n) is 5.79. The Labute approximate surface area is 108 Å². The van der Waals surface area contributed by atoms with Gasteiger partial charge in [-0.1, -0.05) is 20.8 Å². The summed E-state index contributed by atoms with van der Waals surface area (Å²) in [5, 5.41) is 10.2. The first-order valence-corrected chi connectivity index (χ1v) is 6.59. The van der Waals surface area contributed by atoms with Crippen molar-refractivity contribution in [3.63, 3.8) is 0 Å². The number of aliphatic hydroxyl groups excluding tert-OH is 1. The van der Waals surface area contributed by atoms with Gasteiger partial charge in [-0.05, 0) is 37.5 Å². The van der Waals surface area contributed by atoms with Crippen LogP contribution in [-0.4, -0.2) is 16.7 Å². The lowest BCUT2D eigenvalue weighted by atomic mass is 9.68. The summed E-state index contributed by atoms with van der Waals surface area (Å²) in [4.78, 5) is 24.0. The van der Waals surface area contributed by atoms with Gasteiger partial charge in [-0.25, -0.2) is 0 Å². The van der Waals surface area contributed by atoms with Gasteiger partial charge < -0.3 is 5.11 Å². The van der Waals surface area contributed by atoms with E-state index in [1.54, 1.807) is 0 Å². The molecule has 0 aromatic carbocycles. The first-order valence-electron chi connectivity index (χ1n) is 6.59. The highest BCUT2D eigenvalue weighted by molar-refractivity contribution is 6.50. The van der Waals surface area contributed by atoms with Gasteiger partial charge >= 0.3 is 0 Å². The van der Waals surface area contributed by atoms with E-state index in [1.807, 2.05) is 6.92 Å². The number of allylic oxidation sites excluding steroid dienone is 3. The highest BCUT2D eigenvalue weighted by Crippen LogP contribution is 2.44. The summed E-state index contributed by atoms with van der Waals surface area (Å²) in [6, 6.07) is 0. The maximum Gasteiger partial charge on any atom is 0.232 e. The Kier molecular flexibility index (Phi) is 3.18. The van der Waals surface area contributed by atoms with Gasteiger partial charge in [-0.15, -0.1) is 0 Å². The molecule has 3 nitrogen and oxygen atoms in total. The fourth-order valence-electron chi connectivity index (χ4n) is 3.10. The molecule has 3 heteroatoms. The van der Waals surface area contributed by atoms with Crippen molar-refractivity contribution in [1.29, 1.82) is 0 Å². The number of carbonyl (C=O) groups is 2. The van der Waals surface area contributed by atoms with Crippen LogP contribution >= 0.6 is 0 Å². The summed E-state index contributed by atoms with van der Waals surface area (Å²) in [6.45, 7) is 7.69. The SMILES string of the molecule is CC1=C(O)C2=C(C(=O)C1=O)[C@@H](C)CC[C@@H]2C(C)C. The van der Waals surface area contributed by atoms with Crippen LogP contribution in [0.1, 0.15) is 40.5 Å². The maximum atomic E-state index is 12.1. The zero-order valence-corrected chi connectivity index (χ0v) is 11.4. The van der Waals surface area contributed by atoms with E-state index in [1.165, 1.54) is 6.92 Å². The zero-order valence-electron chi connectivity index (χ0n) is 11.4. The third kappa shape index (κ3) is 1.73. The van der Waals surface area contributed by atoms with Gasteiger partial charge in [0.25, 0.3) is 0 Å². The topological polar surface area (TPSA) is 54.4 Å². The first kappa shape index (κ1) is 13.1. The van der Waals surface area contributed by atoms with Crippen LogP contribution in [0.4, 0.5) is 0 Å². The van der Waals surface area contributed by atoms with E-state index in [-0.39, 0.29) is 23.2 Å². The second kappa shape index (κ2) is 4.38. The molecule has 0 radical (unpaired) electrons. The van der Waals surface area contributed by atoms with Crippen molar-refractivity contribution in [2.24, 2.45) is 17.8 Å². The average molecular weight is 248 g/mol. The van der Waals surface area contributed by atoms with Gasteiger partial charge in [0.1, 0.15) is 5.76 Å². The van der Waals surface area contributed by atoms with Crippen LogP contribution < -0.4 is 0 Å².